The van der Waals surface area contributed by atoms with Crippen LogP contribution in [0.4, 0.5) is 0 Å². The topological polar surface area (TPSA) is 41.5 Å². The summed E-state index contributed by atoms with van der Waals surface area (Å²) >= 11 is 8.02. The molecule has 0 saturated heterocycles. The summed E-state index contributed by atoms with van der Waals surface area (Å²) in [6.07, 6.45) is 1.90. The molecule has 20 heavy (non-hydrogen) atoms. The Morgan fingerprint density at radius 1 is 1.15 bits per heavy atom. The molecule has 102 valence electrons. The Labute approximate surface area is 136 Å². The summed E-state index contributed by atoms with van der Waals surface area (Å²) in [5.41, 5.74) is 4.35. The molecule has 2 rings (SSSR count). The summed E-state index contributed by atoms with van der Waals surface area (Å²) < 4.78 is 1.16. The number of amides is 1. The highest BCUT2D eigenvalue weighted by atomic mass is 127. The summed E-state index contributed by atoms with van der Waals surface area (Å²) in [7, 11) is 0. The van der Waals surface area contributed by atoms with E-state index in [1.54, 1.807) is 18.3 Å². The number of nitrogens with one attached hydrogen (secondary N) is 1. The van der Waals surface area contributed by atoms with E-state index in [-0.39, 0.29) is 12.3 Å². The fourth-order valence-electron chi connectivity index (χ4n) is 1.55. The lowest BCUT2D eigenvalue weighted by molar-refractivity contribution is -0.120. The molecule has 0 radical (unpaired) electrons. The maximum Gasteiger partial charge on any atom is 0.244 e. The van der Waals surface area contributed by atoms with Gasteiger partial charge < -0.3 is 0 Å². The molecule has 0 saturated carbocycles. The number of halogens is 2. The van der Waals surface area contributed by atoms with E-state index in [1.807, 2.05) is 36.4 Å². The van der Waals surface area contributed by atoms with Crippen LogP contribution in [0.1, 0.15) is 11.1 Å². The lowest BCUT2D eigenvalue weighted by Crippen LogP contribution is -2.19. The standard InChI is InChI=1S/C15H12ClIN2O/c16-13-5-1-11(2-6-13)9-15(20)19-18-10-12-3-7-14(17)8-4-12/h1-8,10H,9H2,(H,19,20)/b18-10-. The second-order valence-corrected chi connectivity index (χ2v) is 5.83. The van der Waals surface area contributed by atoms with Crippen LogP contribution in [0.5, 0.6) is 0 Å². The molecule has 3 nitrogen and oxygen atoms in total. The highest BCUT2D eigenvalue weighted by molar-refractivity contribution is 14.1. The van der Waals surface area contributed by atoms with Crippen molar-refractivity contribution in [3.63, 3.8) is 0 Å². The number of hydrazone groups is 1. The fraction of sp³-hybridized carbons (Fsp3) is 0.0667. The van der Waals surface area contributed by atoms with Crippen LogP contribution in [0.25, 0.3) is 0 Å². The van der Waals surface area contributed by atoms with Gasteiger partial charge in [-0.2, -0.15) is 5.10 Å². The van der Waals surface area contributed by atoms with Crippen molar-refractivity contribution in [3.05, 3.63) is 68.3 Å². The first-order valence-electron chi connectivity index (χ1n) is 5.95. The molecule has 0 bridgehead atoms. The van der Waals surface area contributed by atoms with Crippen LogP contribution in [0.3, 0.4) is 0 Å². The third-order valence-electron chi connectivity index (χ3n) is 2.55. The van der Waals surface area contributed by atoms with Crippen molar-refractivity contribution in [2.75, 3.05) is 0 Å². The number of benzene rings is 2. The Morgan fingerprint density at radius 3 is 2.45 bits per heavy atom. The Hall–Kier alpha value is -1.40. The molecule has 0 aliphatic heterocycles. The predicted octanol–water partition coefficient (Wildman–Crippen LogP) is 3.64. The van der Waals surface area contributed by atoms with Crippen molar-refractivity contribution in [1.29, 1.82) is 0 Å². The normalized spacial score (nSPS) is 10.7. The highest BCUT2D eigenvalue weighted by Crippen LogP contribution is 2.09. The minimum atomic E-state index is -0.158. The number of carbonyl (C=O) groups is 1. The van der Waals surface area contributed by atoms with Gasteiger partial charge in [0.15, 0.2) is 0 Å². The second kappa shape index (κ2) is 7.40. The number of rotatable bonds is 4. The molecule has 0 aliphatic rings. The molecule has 0 fully saturated rings. The minimum Gasteiger partial charge on any atom is -0.273 e. The average molecular weight is 399 g/mol. The van der Waals surface area contributed by atoms with E-state index < -0.39 is 0 Å². The molecule has 1 N–H and O–H groups in total. The van der Waals surface area contributed by atoms with Gasteiger partial charge in [0, 0.05) is 8.59 Å². The zero-order valence-corrected chi connectivity index (χ0v) is 13.4. The smallest absolute Gasteiger partial charge is 0.244 e. The molecule has 0 spiro atoms. The van der Waals surface area contributed by atoms with E-state index >= 15 is 0 Å². The van der Waals surface area contributed by atoms with Gasteiger partial charge >= 0.3 is 0 Å². The van der Waals surface area contributed by atoms with Crippen LogP contribution in [0.15, 0.2) is 53.6 Å². The molecule has 2 aromatic rings. The highest BCUT2D eigenvalue weighted by Gasteiger charge is 2.01. The number of nitrogens with zero attached hydrogens (tertiary/aromatic N) is 1. The van der Waals surface area contributed by atoms with Crippen LogP contribution in [-0.4, -0.2) is 12.1 Å². The predicted molar refractivity (Wildman–Crippen MR) is 90.1 cm³/mol. The quantitative estimate of drug-likeness (QED) is 0.477. The monoisotopic (exact) mass is 398 g/mol. The second-order valence-electron chi connectivity index (χ2n) is 4.15. The minimum absolute atomic E-state index is 0.158. The molecule has 5 heteroatoms. The van der Waals surface area contributed by atoms with Crippen LogP contribution < -0.4 is 5.43 Å². The zero-order valence-electron chi connectivity index (χ0n) is 10.5. The van der Waals surface area contributed by atoms with Gasteiger partial charge in [-0.1, -0.05) is 35.9 Å². The molecule has 0 unspecified atom stereocenters. The summed E-state index contributed by atoms with van der Waals surface area (Å²) in [5.74, 6) is -0.158. The first-order valence-corrected chi connectivity index (χ1v) is 7.41. The third kappa shape index (κ3) is 4.94. The maximum absolute atomic E-state index is 11.7. The Bertz CT molecular complexity index is 609. The number of hydrogen-bond donors (Lipinski definition) is 1. The average Bonchev–Trinajstić information content (AvgIpc) is 2.44. The van der Waals surface area contributed by atoms with Gasteiger partial charge in [-0.25, -0.2) is 5.43 Å². The van der Waals surface area contributed by atoms with Crippen LogP contribution in [-0.2, 0) is 11.2 Å². The number of carbonyl (C=O) groups excluding carboxylic acids is 1. The van der Waals surface area contributed by atoms with Gasteiger partial charge in [0.2, 0.25) is 5.91 Å². The van der Waals surface area contributed by atoms with Gasteiger partial charge in [-0.3, -0.25) is 4.79 Å². The summed E-state index contributed by atoms with van der Waals surface area (Å²) in [5, 5.41) is 4.59. The van der Waals surface area contributed by atoms with Crippen molar-refractivity contribution in [3.8, 4) is 0 Å². The van der Waals surface area contributed by atoms with Crippen molar-refractivity contribution in [1.82, 2.24) is 5.43 Å². The van der Waals surface area contributed by atoms with E-state index in [0.29, 0.717) is 5.02 Å². The largest absolute Gasteiger partial charge is 0.273 e. The zero-order chi connectivity index (χ0) is 14.4. The molecular weight excluding hydrogens is 387 g/mol. The summed E-state index contributed by atoms with van der Waals surface area (Å²) in [6, 6.07) is 15.0. The lowest BCUT2D eigenvalue weighted by Gasteiger charge is -2.00. The van der Waals surface area contributed by atoms with Crippen molar-refractivity contribution < 1.29 is 4.79 Å². The van der Waals surface area contributed by atoms with Crippen molar-refractivity contribution >= 4 is 46.3 Å². The van der Waals surface area contributed by atoms with E-state index in [0.717, 1.165) is 14.7 Å². The third-order valence-corrected chi connectivity index (χ3v) is 3.52. The van der Waals surface area contributed by atoms with E-state index in [1.165, 1.54) is 0 Å². The van der Waals surface area contributed by atoms with Gasteiger partial charge in [-0.05, 0) is 58.0 Å². The van der Waals surface area contributed by atoms with Crippen LogP contribution in [0.2, 0.25) is 5.02 Å². The molecule has 0 atom stereocenters. The molecule has 0 aliphatic carbocycles. The van der Waals surface area contributed by atoms with Crippen LogP contribution >= 0.6 is 34.2 Å². The lowest BCUT2D eigenvalue weighted by atomic mass is 10.1. The van der Waals surface area contributed by atoms with E-state index in [9.17, 15) is 4.79 Å². The van der Waals surface area contributed by atoms with Gasteiger partial charge in [0.05, 0.1) is 12.6 Å². The van der Waals surface area contributed by atoms with Crippen molar-refractivity contribution in [2.24, 2.45) is 5.10 Å². The number of hydrogen-bond acceptors (Lipinski definition) is 2. The Morgan fingerprint density at radius 2 is 1.80 bits per heavy atom. The maximum atomic E-state index is 11.7. The Kier molecular flexibility index (Phi) is 5.55. The Balaban J connectivity index is 1.85. The van der Waals surface area contributed by atoms with Gasteiger partial charge in [0.25, 0.3) is 0 Å². The fourth-order valence-corrected chi connectivity index (χ4v) is 2.04. The van der Waals surface area contributed by atoms with Crippen LogP contribution in [0, 0.1) is 3.57 Å². The molecule has 1 amide bonds. The molecule has 0 aromatic heterocycles. The van der Waals surface area contributed by atoms with Gasteiger partial charge in [-0.15, -0.1) is 0 Å². The summed E-state index contributed by atoms with van der Waals surface area (Å²) in [6.45, 7) is 0. The molecule has 2 aromatic carbocycles. The summed E-state index contributed by atoms with van der Waals surface area (Å²) in [4.78, 5) is 11.7. The first-order chi connectivity index (χ1) is 9.63. The SMILES string of the molecule is O=C(Cc1ccc(Cl)cc1)N/N=C\c1ccc(I)cc1. The first kappa shape index (κ1) is 15.0. The van der Waals surface area contributed by atoms with Crippen molar-refractivity contribution in [2.45, 2.75) is 6.42 Å². The molecule has 0 heterocycles. The molecular formula is C15H12ClIN2O. The van der Waals surface area contributed by atoms with E-state index in [2.05, 4.69) is 33.1 Å². The van der Waals surface area contributed by atoms with E-state index in [4.69, 9.17) is 11.6 Å². The van der Waals surface area contributed by atoms with Gasteiger partial charge in [0.1, 0.15) is 0 Å².